The van der Waals surface area contributed by atoms with Crippen LogP contribution in [0.5, 0.6) is 0 Å². The van der Waals surface area contributed by atoms with Gasteiger partial charge in [-0.25, -0.2) is 9.97 Å². The zero-order valence-corrected chi connectivity index (χ0v) is 17.8. The number of benzene rings is 1. The third-order valence-electron chi connectivity index (χ3n) is 5.28. The molecule has 0 bridgehead atoms. The van der Waals surface area contributed by atoms with Gasteiger partial charge < -0.3 is 9.32 Å². The van der Waals surface area contributed by atoms with Gasteiger partial charge in [-0.15, -0.1) is 11.3 Å². The van der Waals surface area contributed by atoms with Crippen molar-refractivity contribution in [3.8, 4) is 0 Å². The van der Waals surface area contributed by atoms with E-state index < -0.39 is 0 Å². The quantitative estimate of drug-likeness (QED) is 0.541. The summed E-state index contributed by atoms with van der Waals surface area (Å²) in [5, 5.41) is 1.73. The molecule has 3 heterocycles. The van der Waals surface area contributed by atoms with Crippen LogP contribution >= 0.6 is 22.9 Å². The molecule has 1 amide bonds. The first-order valence-electron chi connectivity index (χ1n) is 9.86. The Morgan fingerprint density at radius 1 is 1.32 bits per heavy atom. The summed E-state index contributed by atoms with van der Waals surface area (Å²) in [5.74, 6) is 1.10. The summed E-state index contributed by atoms with van der Waals surface area (Å²) in [6, 6.07) is 5.49. The van der Waals surface area contributed by atoms with Crippen LogP contribution in [0.15, 0.2) is 22.6 Å². The summed E-state index contributed by atoms with van der Waals surface area (Å²) >= 11 is 7.60. The Bertz CT molecular complexity index is 989. The molecule has 0 aliphatic carbocycles. The Morgan fingerprint density at radius 2 is 2.11 bits per heavy atom. The van der Waals surface area contributed by atoms with Gasteiger partial charge in [0.25, 0.3) is 5.91 Å². The molecule has 0 atom stereocenters. The predicted octanol–water partition coefficient (Wildman–Crippen LogP) is 5.61. The van der Waals surface area contributed by atoms with Crippen LogP contribution in [0.4, 0.5) is 0 Å². The van der Waals surface area contributed by atoms with Crippen LogP contribution in [0.2, 0.25) is 5.02 Å². The summed E-state index contributed by atoms with van der Waals surface area (Å²) in [5.41, 5.74) is 2.41. The van der Waals surface area contributed by atoms with Gasteiger partial charge in [0.15, 0.2) is 11.5 Å². The van der Waals surface area contributed by atoms with Crippen molar-refractivity contribution in [3.05, 3.63) is 44.7 Å². The highest BCUT2D eigenvalue weighted by molar-refractivity contribution is 7.13. The molecule has 3 aromatic rings. The van der Waals surface area contributed by atoms with Crippen molar-refractivity contribution in [3.63, 3.8) is 0 Å². The molecule has 0 saturated carbocycles. The molecule has 7 heteroatoms. The zero-order valence-electron chi connectivity index (χ0n) is 16.2. The maximum absolute atomic E-state index is 13.0. The fraction of sp³-hybridized carbons (Fsp3) is 0.476. The first kappa shape index (κ1) is 19.4. The summed E-state index contributed by atoms with van der Waals surface area (Å²) in [7, 11) is 0. The smallest absolute Gasteiger partial charge is 0.265 e. The van der Waals surface area contributed by atoms with E-state index >= 15 is 0 Å². The molecule has 1 aromatic carbocycles. The largest absolute Gasteiger partial charge is 0.440 e. The molecule has 0 spiro atoms. The number of likely N-dealkylation sites (tertiary alicyclic amines) is 1. The highest BCUT2D eigenvalue weighted by atomic mass is 35.5. The number of oxazole rings is 1. The number of piperidine rings is 1. The van der Waals surface area contributed by atoms with Crippen molar-refractivity contribution in [1.29, 1.82) is 0 Å². The first-order valence-corrected chi connectivity index (χ1v) is 11.1. The molecular weight excluding hydrogens is 394 g/mol. The van der Waals surface area contributed by atoms with E-state index in [0.29, 0.717) is 18.1 Å². The Labute approximate surface area is 173 Å². The van der Waals surface area contributed by atoms with E-state index in [1.54, 1.807) is 11.3 Å². The number of unbranched alkanes of at least 4 members (excludes halogenated alkanes) is 1. The van der Waals surface area contributed by atoms with E-state index in [9.17, 15) is 4.79 Å². The van der Waals surface area contributed by atoms with Crippen molar-refractivity contribution < 1.29 is 9.21 Å². The highest BCUT2D eigenvalue weighted by Gasteiger charge is 2.29. The van der Waals surface area contributed by atoms with E-state index in [-0.39, 0.29) is 11.8 Å². The standard InChI is InChI=1S/C21H24ClN3O2S/c1-3-4-5-18-23-13(2)19(28-18)21(26)25-10-8-14(9-11-25)20-24-16-12-15(22)6-7-17(16)27-20/h6-7,12,14H,3-5,8-11H2,1-2H3. The second-order valence-corrected chi connectivity index (χ2v) is 8.88. The van der Waals surface area contributed by atoms with Gasteiger partial charge in [-0.2, -0.15) is 0 Å². The number of rotatable bonds is 5. The fourth-order valence-electron chi connectivity index (χ4n) is 3.65. The minimum absolute atomic E-state index is 0.112. The van der Waals surface area contributed by atoms with Gasteiger partial charge in [-0.1, -0.05) is 24.9 Å². The normalized spacial score (nSPS) is 15.5. The number of nitrogens with zero attached hydrogens (tertiary/aromatic N) is 3. The number of aromatic nitrogens is 2. The van der Waals surface area contributed by atoms with Crippen LogP contribution in [0.25, 0.3) is 11.1 Å². The number of carbonyl (C=O) groups is 1. The first-order chi connectivity index (χ1) is 13.5. The Kier molecular flexibility index (Phi) is 5.69. The fourth-order valence-corrected chi connectivity index (χ4v) is 4.89. The zero-order chi connectivity index (χ0) is 19.7. The molecule has 28 heavy (non-hydrogen) atoms. The van der Waals surface area contributed by atoms with E-state index in [0.717, 1.165) is 64.7 Å². The number of amides is 1. The van der Waals surface area contributed by atoms with Crippen molar-refractivity contribution in [2.24, 2.45) is 0 Å². The summed E-state index contributed by atoms with van der Waals surface area (Å²) in [6.07, 6.45) is 4.91. The monoisotopic (exact) mass is 417 g/mol. The Hall–Kier alpha value is -1.92. The van der Waals surface area contributed by atoms with Gasteiger partial charge in [0.1, 0.15) is 10.4 Å². The summed E-state index contributed by atoms with van der Waals surface area (Å²) < 4.78 is 5.92. The second kappa shape index (κ2) is 8.21. The van der Waals surface area contributed by atoms with E-state index in [4.69, 9.17) is 16.0 Å². The SMILES string of the molecule is CCCCc1nc(C)c(C(=O)N2CCC(c3nc4cc(Cl)ccc4o3)CC2)s1. The lowest BCUT2D eigenvalue weighted by Crippen LogP contribution is -2.37. The number of aryl methyl sites for hydroxylation is 2. The molecule has 1 aliphatic heterocycles. The van der Waals surface area contributed by atoms with Gasteiger partial charge >= 0.3 is 0 Å². The molecule has 0 radical (unpaired) electrons. The van der Waals surface area contributed by atoms with E-state index in [1.165, 1.54) is 0 Å². The van der Waals surface area contributed by atoms with E-state index in [2.05, 4.69) is 16.9 Å². The maximum Gasteiger partial charge on any atom is 0.265 e. The number of thiazole rings is 1. The molecule has 4 rings (SSSR count). The van der Waals surface area contributed by atoms with Crippen LogP contribution in [0.3, 0.4) is 0 Å². The second-order valence-electron chi connectivity index (χ2n) is 7.36. The predicted molar refractivity (Wildman–Crippen MR) is 112 cm³/mol. The molecule has 148 valence electrons. The lowest BCUT2D eigenvalue weighted by atomic mass is 9.96. The molecule has 1 fully saturated rings. The number of halogens is 1. The van der Waals surface area contributed by atoms with Crippen molar-refractivity contribution in [1.82, 2.24) is 14.9 Å². The van der Waals surface area contributed by atoms with Crippen molar-refractivity contribution in [2.45, 2.75) is 51.9 Å². The molecule has 1 aliphatic rings. The lowest BCUT2D eigenvalue weighted by Gasteiger charge is -2.30. The number of fused-ring (bicyclic) bond motifs is 1. The topological polar surface area (TPSA) is 59.2 Å². The summed E-state index contributed by atoms with van der Waals surface area (Å²) in [4.78, 5) is 24.9. The molecule has 5 nitrogen and oxygen atoms in total. The van der Waals surface area contributed by atoms with E-state index in [1.807, 2.05) is 30.0 Å². The molecule has 0 unspecified atom stereocenters. The average Bonchev–Trinajstić information content (AvgIpc) is 3.28. The number of hydrogen-bond donors (Lipinski definition) is 0. The molecule has 0 N–H and O–H groups in total. The van der Waals surface area contributed by atoms with Crippen LogP contribution in [0, 0.1) is 6.92 Å². The maximum atomic E-state index is 13.0. The Morgan fingerprint density at radius 3 is 2.86 bits per heavy atom. The van der Waals surface area contributed by atoms with Gasteiger partial charge in [-0.3, -0.25) is 4.79 Å². The van der Waals surface area contributed by atoms with Crippen molar-refractivity contribution in [2.75, 3.05) is 13.1 Å². The van der Waals surface area contributed by atoms with Crippen LogP contribution in [0.1, 0.15) is 64.8 Å². The average molecular weight is 418 g/mol. The van der Waals surface area contributed by atoms with Gasteiger partial charge in [0.05, 0.1) is 10.7 Å². The lowest BCUT2D eigenvalue weighted by molar-refractivity contribution is 0.0710. The summed E-state index contributed by atoms with van der Waals surface area (Å²) in [6.45, 7) is 5.53. The Balaban J connectivity index is 1.42. The van der Waals surface area contributed by atoms with Crippen LogP contribution in [-0.4, -0.2) is 33.9 Å². The molecular formula is C21H24ClN3O2S. The number of carbonyl (C=O) groups excluding carboxylic acids is 1. The van der Waals surface area contributed by atoms with Gasteiger partial charge in [0, 0.05) is 24.0 Å². The van der Waals surface area contributed by atoms with Crippen molar-refractivity contribution >= 4 is 39.9 Å². The minimum atomic E-state index is 0.112. The molecule has 2 aromatic heterocycles. The molecule has 1 saturated heterocycles. The van der Waals surface area contributed by atoms with Gasteiger partial charge in [0.2, 0.25) is 0 Å². The third-order valence-corrected chi connectivity index (χ3v) is 6.72. The van der Waals surface area contributed by atoms with Crippen LogP contribution < -0.4 is 0 Å². The van der Waals surface area contributed by atoms with Crippen LogP contribution in [-0.2, 0) is 6.42 Å². The third kappa shape index (κ3) is 3.94. The highest BCUT2D eigenvalue weighted by Crippen LogP contribution is 2.32. The number of hydrogen-bond acceptors (Lipinski definition) is 5. The van der Waals surface area contributed by atoms with Gasteiger partial charge in [-0.05, 0) is 50.8 Å². The minimum Gasteiger partial charge on any atom is -0.440 e.